The lowest BCUT2D eigenvalue weighted by Gasteiger charge is -2.49. The minimum absolute atomic E-state index is 0.0174. The molecule has 1 aromatic carbocycles. The molecule has 3 atom stereocenters. The molecular weight excluding hydrogens is 352 g/mol. The first-order valence-corrected chi connectivity index (χ1v) is 10.2. The van der Waals surface area contributed by atoms with Crippen LogP contribution < -0.4 is 0 Å². The van der Waals surface area contributed by atoms with Crippen LogP contribution in [0.15, 0.2) is 42.9 Å². The molecule has 0 bridgehead atoms. The van der Waals surface area contributed by atoms with Crippen molar-refractivity contribution in [1.82, 2.24) is 19.4 Å². The Morgan fingerprint density at radius 3 is 2.50 bits per heavy atom. The Bertz CT molecular complexity index is 847. The molecule has 0 unspecified atom stereocenters. The minimum atomic E-state index is -0.0208. The van der Waals surface area contributed by atoms with Crippen LogP contribution in [0.2, 0.25) is 0 Å². The molecule has 2 aliphatic heterocycles. The Hall–Kier alpha value is -2.63. The fourth-order valence-corrected chi connectivity index (χ4v) is 4.96. The fourth-order valence-electron chi connectivity index (χ4n) is 4.96. The van der Waals surface area contributed by atoms with Crippen molar-refractivity contribution in [3.05, 3.63) is 54.1 Å². The van der Waals surface area contributed by atoms with Crippen LogP contribution in [0.1, 0.15) is 54.6 Å². The van der Waals surface area contributed by atoms with Crippen LogP contribution in [0.4, 0.5) is 0 Å². The van der Waals surface area contributed by atoms with Gasteiger partial charge in [0.2, 0.25) is 5.91 Å². The first kappa shape index (κ1) is 18.7. The number of amides is 2. The highest BCUT2D eigenvalue weighted by Gasteiger charge is 2.45. The van der Waals surface area contributed by atoms with Crippen LogP contribution in [0.5, 0.6) is 0 Å². The Morgan fingerprint density at radius 1 is 1.04 bits per heavy atom. The Balaban J connectivity index is 1.71. The number of aromatic nitrogens is 2. The number of likely N-dealkylation sites (tertiary alicyclic amines) is 2. The lowest BCUT2D eigenvalue weighted by molar-refractivity contribution is -0.133. The molecule has 2 fully saturated rings. The summed E-state index contributed by atoms with van der Waals surface area (Å²) in [7, 11) is 1.87. The topological polar surface area (TPSA) is 58.4 Å². The van der Waals surface area contributed by atoms with Crippen molar-refractivity contribution in [2.75, 3.05) is 13.1 Å². The molecule has 4 rings (SSSR count). The number of hydrogen-bond acceptors (Lipinski definition) is 3. The maximum absolute atomic E-state index is 13.2. The molecule has 0 spiro atoms. The van der Waals surface area contributed by atoms with Gasteiger partial charge >= 0.3 is 0 Å². The van der Waals surface area contributed by atoms with Crippen LogP contribution in [0.25, 0.3) is 0 Å². The van der Waals surface area contributed by atoms with E-state index >= 15 is 0 Å². The molecule has 2 amide bonds. The van der Waals surface area contributed by atoms with Crippen molar-refractivity contribution < 1.29 is 9.59 Å². The fraction of sp³-hybridized carbons (Fsp3) is 0.500. The van der Waals surface area contributed by atoms with E-state index in [1.165, 1.54) is 5.56 Å². The highest BCUT2D eigenvalue weighted by atomic mass is 16.2. The van der Waals surface area contributed by atoms with E-state index in [4.69, 9.17) is 0 Å². The van der Waals surface area contributed by atoms with Gasteiger partial charge in [-0.15, -0.1) is 0 Å². The number of carbonyl (C=O) groups is 2. The van der Waals surface area contributed by atoms with E-state index in [-0.39, 0.29) is 29.8 Å². The van der Waals surface area contributed by atoms with Crippen molar-refractivity contribution in [3.8, 4) is 0 Å². The first-order chi connectivity index (χ1) is 13.6. The molecular formula is C22H28N4O2. The molecule has 2 aromatic rings. The third-order valence-electron chi connectivity index (χ3n) is 6.21. The number of nitrogens with zero attached hydrogens (tertiary/aromatic N) is 4. The van der Waals surface area contributed by atoms with Gasteiger partial charge in [-0.1, -0.05) is 30.3 Å². The predicted molar refractivity (Wildman–Crippen MR) is 107 cm³/mol. The second-order valence-corrected chi connectivity index (χ2v) is 7.99. The highest BCUT2D eigenvalue weighted by molar-refractivity contribution is 5.92. The maximum atomic E-state index is 13.2. The molecule has 0 saturated carbocycles. The third-order valence-corrected chi connectivity index (χ3v) is 6.21. The van der Waals surface area contributed by atoms with Crippen LogP contribution in [-0.2, 0) is 11.8 Å². The van der Waals surface area contributed by atoms with Crippen molar-refractivity contribution >= 4 is 11.8 Å². The molecule has 6 heteroatoms. The summed E-state index contributed by atoms with van der Waals surface area (Å²) in [6, 6.07) is 10.5. The van der Waals surface area contributed by atoms with Crippen LogP contribution in [0, 0.1) is 0 Å². The number of benzene rings is 1. The number of carbonyl (C=O) groups excluding carboxylic acids is 2. The van der Waals surface area contributed by atoms with Gasteiger partial charge in [0.25, 0.3) is 5.91 Å². The van der Waals surface area contributed by atoms with E-state index in [2.05, 4.69) is 29.2 Å². The predicted octanol–water partition coefficient (Wildman–Crippen LogP) is 2.82. The Morgan fingerprint density at radius 2 is 1.82 bits per heavy atom. The largest absolute Gasteiger partial charge is 0.340 e. The number of hydrogen-bond donors (Lipinski definition) is 0. The summed E-state index contributed by atoms with van der Waals surface area (Å²) in [4.78, 5) is 34.1. The SMILES string of the molecule is CC(=O)N1CCCC[C@@H]2[C@H]1[C@@H](c1ccccc1)CCN2C(=O)c1cn(C)cn1. The maximum Gasteiger partial charge on any atom is 0.274 e. The summed E-state index contributed by atoms with van der Waals surface area (Å²) in [6.07, 6.45) is 7.23. The van der Waals surface area contributed by atoms with Gasteiger partial charge in [0, 0.05) is 39.2 Å². The van der Waals surface area contributed by atoms with Crippen LogP contribution in [0.3, 0.4) is 0 Å². The van der Waals surface area contributed by atoms with E-state index in [9.17, 15) is 9.59 Å². The standard InChI is InChI=1S/C22H28N4O2/c1-16(27)25-12-7-6-10-20-21(25)18(17-8-4-3-5-9-17)11-13-26(20)22(28)19-14-24(2)15-23-19/h3-5,8-9,14-15,18,20-21H,6-7,10-13H2,1-2H3/t18-,20-,21-/m1/s1. The van der Waals surface area contributed by atoms with Crippen LogP contribution in [-0.4, -0.2) is 56.3 Å². The zero-order valence-corrected chi connectivity index (χ0v) is 16.6. The summed E-state index contributed by atoms with van der Waals surface area (Å²) < 4.78 is 1.80. The summed E-state index contributed by atoms with van der Waals surface area (Å²) in [6.45, 7) is 3.12. The molecule has 2 aliphatic rings. The summed E-state index contributed by atoms with van der Waals surface area (Å²) in [5, 5.41) is 0. The number of piperidine rings is 1. The van der Waals surface area contributed by atoms with Crippen molar-refractivity contribution in [3.63, 3.8) is 0 Å². The number of imidazole rings is 1. The average Bonchev–Trinajstić information content (AvgIpc) is 3.01. The van der Waals surface area contributed by atoms with Gasteiger partial charge in [-0.2, -0.15) is 0 Å². The average molecular weight is 380 g/mol. The van der Waals surface area contributed by atoms with Crippen LogP contribution >= 0.6 is 0 Å². The molecule has 1 aromatic heterocycles. The van der Waals surface area contributed by atoms with Gasteiger partial charge in [0.1, 0.15) is 5.69 Å². The minimum Gasteiger partial charge on any atom is -0.340 e. The molecule has 0 aliphatic carbocycles. The lowest BCUT2D eigenvalue weighted by atomic mass is 9.78. The summed E-state index contributed by atoms with van der Waals surface area (Å²) >= 11 is 0. The first-order valence-electron chi connectivity index (χ1n) is 10.2. The van der Waals surface area contributed by atoms with Gasteiger partial charge < -0.3 is 14.4 Å². The molecule has 0 radical (unpaired) electrons. The van der Waals surface area contributed by atoms with Gasteiger partial charge in [0.05, 0.1) is 18.4 Å². The molecule has 2 saturated heterocycles. The number of rotatable bonds is 2. The van der Waals surface area contributed by atoms with E-state index in [0.29, 0.717) is 12.2 Å². The smallest absolute Gasteiger partial charge is 0.274 e. The Kier molecular flexibility index (Phi) is 5.20. The van der Waals surface area contributed by atoms with Crippen molar-refractivity contribution in [1.29, 1.82) is 0 Å². The van der Waals surface area contributed by atoms with E-state index in [0.717, 1.165) is 32.2 Å². The second kappa shape index (κ2) is 7.78. The molecule has 148 valence electrons. The van der Waals surface area contributed by atoms with E-state index in [1.807, 2.05) is 22.9 Å². The third kappa shape index (κ3) is 3.43. The van der Waals surface area contributed by atoms with Gasteiger partial charge in [-0.05, 0) is 31.2 Å². The highest BCUT2D eigenvalue weighted by Crippen LogP contribution is 2.39. The zero-order valence-electron chi connectivity index (χ0n) is 16.6. The lowest BCUT2D eigenvalue weighted by Crippen LogP contribution is -2.60. The van der Waals surface area contributed by atoms with Gasteiger partial charge in [-0.25, -0.2) is 4.98 Å². The molecule has 3 heterocycles. The van der Waals surface area contributed by atoms with E-state index < -0.39 is 0 Å². The quantitative estimate of drug-likeness (QED) is 0.805. The molecule has 28 heavy (non-hydrogen) atoms. The molecule has 6 nitrogen and oxygen atoms in total. The Labute approximate surface area is 166 Å². The zero-order chi connectivity index (χ0) is 19.7. The monoisotopic (exact) mass is 380 g/mol. The second-order valence-electron chi connectivity index (χ2n) is 7.99. The number of aryl methyl sites for hydroxylation is 1. The van der Waals surface area contributed by atoms with E-state index in [1.54, 1.807) is 24.0 Å². The van der Waals surface area contributed by atoms with Gasteiger partial charge in [0.15, 0.2) is 0 Å². The summed E-state index contributed by atoms with van der Waals surface area (Å²) in [5.74, 6) is 0.332. The number of fused-ring (bicyclic) bond motifs is 1. The van der Waals surface area contributed by atoms with Crippen molar-refractivity contribution in [2.45, 2.75) is 50.6 Å². The molecule has 0 N–H and O–H groups in total. The van der Waals surface area contributed by atoms with Crippen molar-refractivity contribution in [2.24, 2.45) is 7.05 Å². The normalized spacial score (nSPS) is 25.1. The van der Waals surface area contributed by atoms with Gasteiger partial charge in [-0.3, -0.25) is 9.59 Å². The summed E-state index contributed by atoms with van der Waals surface area (Å²) in [5.41, 5.74) is 1.74.